The van der Waals surface area contributed by atoms with Gasteiger partial charge in [0.05, 0.1) is 0 Å². The lowest BCUT2D eigenvalue weighted by Gasteiger charge is -2.02. The van der Waals surface area contributed by atoms with Gasteiger partial charge >= 0.3 is 0 Å². The van der Waals surface area contributed by atoms with Crippen LogP contribution >= 0.6 is 0 Å². The van der Waals surface area contributed by atoms with Crippen molar-refractivity contribution in [3.8, 4) is 0 Å². The van der Waals surface area contributed by atoms with Gasteiger partial charge in [-0.3, -0.25) is 0 Å². The first-order valence-electron chi connectivity index (χ1n) is 5.41. The number of rotatable bonds is 2. The Balaban J connectivity index is 2.06. The third-order valence-corrected chi connectivity index (χ3v) is 2.78. The van der Waals surface area contributed by atoms with Crippen molar-refractivity contribution in [2.45, 2.75) is 6.42 Å². The zero-order valence-corrected chi connectivity index (χ0v) is 9.11. The Hall–Kier alpha value is -2.36. The van der Waals surface area contributed by atoms with E-state index in [4.69, 9.17) is 0 Å². The number of hydrogen-bond acceptors (Lipinski definition) is 3. The van der Waals surface area contributed by atoms with Crippen molar-refractivity contribution in [3.05, 3.63) is 59.7 Å². The van der Waals surface area contributed by atoms with Gasteiger partial charge in [-0.2, -0.15) is 0 Å². The summed E-state index contributed by atoms with van der Waals surface area (Å²) >= 11 is 0. The van der Waals surface area contributed by atoms with Gasteiger partial charge in [0.25, 0.3) is 0 Å². The minimum Gasteiger partial charge on any atom is -0.410 e. The summed E-state index contributed by atoms with van der Waals surface area (Å²) in [5, 5.41) is 17.0. The highest BCUT2D eigenvalue weighted by Gasteiger charge is 2.08. The lowest BCUT2D eigenvalue weighted by atomic mass is 10.0. The Morgan fingerprint density at radius 1 is 1.00 bits per heavy atom. The third kappa shape index (κ3) is 1.73. The number of fused-ring (bicyclic) bond motifs is 1. The van der Waals surface area contributed by atoms with E-state index in [0.717, 1.165) is 22.3 Å². The van der Waals surface area contributed by atoms with E-state index in [9.17, 15) is 5.21 Å². The molecule has 0 atom stereocenters. The summed E-state index contributed by atoms with van der Waals surface area (Å²) < 4.78 is 0. The molecule has 0 aliphatic rings. The molecule has 2 aromatic carbocycles. The molecule has 0 bridgehead atoms. The highest BCUT2D eigenvalue weighted by molar-refractivity contribution is 5.78. The fraction of sp³-hybridized carbons (Fsp3) is 0.0769. The summed E-state index contributed by atoms with van der Waals surface area (Å²) in [6.45, 7) is 0. The maximum atomic E-state index is 9.44. The molecular weight excluding hydrogens is 214 g/mol. The van der Waals surface area contributed by atoms with E-state index in [-0.39, 0.29) is 0 Å². The molecular formula is C13H11N3O. The first kappa shape index (κ1) is 9.84. The van der Waals surface area contributed by atoms with Crippen LogP contribution in [0.25, 0.3) is 11.0 Å². The Kier molecular flexibility index (Phi) is 2.26. The molecule has 0 radical (unpaired) electrons. The van der Waals surface area contributed by atoms with Gasteiger partial charge in [-0.25, -0.2) is 0 Å². The lowest BCUT2D eigenvalue weighted by molar-refractivity contribution is 0.155. The fourth-order valence-electron chi connectivity index (χ4n) is 1.95. The highest BCUT2D eigenvalue weighted by atomic mass is 16.5. The summed E-state index contributed by atoms with van der Waals surface area (Å²) in [7, 11) is 0. The average Bonchev–Trinajstić information content (AvgIpc) is 2.74. The Morgan fingerprint density at radius 3 is 2.65 bits per heavy atom. The van der Waals surface area contributed by atoms with Gasteiger partial charge in [0, 0.05) is 0 Å². The third-order valence-electron chi connectivity index (χ3n) is 2.78. The lowest BCUT2D eigenvalue weighted by Crippen LogP contribution is -1.92. The predicted octanol–water partition coefficient (Wildman–Crippen LogP) is 2.26. The standard InChI is InChI=1S/C13H11N3O/c17-16-12-8-4-7-11(13(12)14-15-16)9-10-5-2-1-3-6-10/h1-8,17H,9H2. The van der Waals surface area contributed by atoms with Crippen LogP contribution in [-0.4, -0.2) is 20.4 Å². The summed E-state index contributed by atoms with van der Waals surface area (Å²) in [5.41, 5.74) is 3.67. The van der Waals surface area contributed by atoms with Gasteiger partial charge in [-0.05, 0) is 28.8 Å². The Morgan fingerprint density at radius 2 is 1.82 bits per heavy atom. The van der Waals surface area contributed by atoms with Crippen LogP contribution < -0.4 is 0 Å². The molecule has 1 aromatic heterocycles. The van der Waals surface area contributed by atoms with Gasteiger partial charge in [0.1, 0.15) is 11.0 Å². The minimum absolute atomic E-state index is 0.637. The zero-order valence-electron chi connectivity index (χ0n) is 9.11. The highest BCUT2D eigenvalue weighted by Crippen LogP contribution is 2.18. The van der Waals surface area contributed by atoms with Crippen molar-refractivity contribution in [3.63, 3.8) is 0 Å². The van der Waals surface area contributed by atoms with Gasteiger partial charge in [-0.15, -0.1) is 5.10 Å². The van der Waals surface area contributed by atoms with Crippen molar-refractivity contribution in [1.82, 2.24) is 15.2 Å². The number of aromatic nitrogens is 3. The smallest absolute Gasteiger partial charge is 0.130 e. The molecule has 0 saturated heterocycles. The van der Waals surface area contributed by atoms with E-state index in [1.165, 1.54) is 5.56 Å². The largest absolute Gasteiger partial charge is 0.410 e. The molecule has 4 heteroatoms. The molecule has 1 heterocycles. The minimum atomic E-state index is 0.637. The van der Waals surface area contributed by atoms with Crippen LogP contribution in [0.1, 0.15) is 11.1 Å². The number of hydrogen-bond donors (Lipinski definition) is 1. The molecule has 17 heavy (non-hydrogen) atoms. The molecule has 4 nitrogen and oxygen atoms in total. The van der Waals surface area contributed by atoms with Crippen molar-refractivity contribution < 1.29 is 5.21 Å². The van der Waals surface area contributed by atoms with E-state index in [1.807, 2.05) is 30.3 Å². The second-order valence-electron chi connectivity index (χ2n) is 3.93. The first-order valence-corrected chi connectivity index (χ1v) is 5.41. The quantitative estimate of drug-likeness (QED) is 0.680. The van der Waals surface area contributed by atoms with Crippen molar-refractivity contribution >= 4 is 11.0 Å². The van der Waals surface area contributed by atoms with Crippen molar-refractivity contribution in [2.24, 2.45) is 0 Å². The average molecular weight is 225 g/mol. The van der Waals surface area contributed by atoms with Crippen LogP contribution in [0.15, 0.2) is 48.5 Å². The van der Waals surface area contributed by atoms with E-state index in [0.29, 0.717) is 5.52 Å². The Labute approximate surface area is 98.1 Å². The van der Waals surface area contributed by atoms with Gasteiger partial charge in [0.15, 0.2) is 0 Å². The maximum Gasteiger partial charge on any atom is 0.130 e. The topological polar surface area (TPSA) is 50.9 Å². The second kappa shape index (κ2) is 3.90. The van der Waals surface area contributed by atoms with E-state index < -0.39 is 0 Å². The van der Waals surface area contributed by atoms with Crippen LogP contribution in [0.5, 0.6) is 0 Å². The molecule has 3 aromatic rings. The van der Waals surface area contributed by atoms with Gasteiger partial charge < -0.3 is 5.21 Å². The molecule has 0 amide bonds. The van der Waals surface area contributed by atoms with E-state index in [2.05, 4.69) is 22.4 Å². The molecule has 0 saturated carbocycles. The number of benzene rings is 2. The van der Waals surface area contributed by atoms with Gasteiger partial charge in [0.2, 0.25) is 0 Å². The molecule has 84 valence electrons. The first-order chi connectivity index (χ1) is 8.34. The zero-order chi connectivity index (χ0) is 11.7. The van der Waals surface area contributed by atoms with Crippen LogP contribution in [0.4, 0.5) is 0 Å². The second-order valence-corrected chi connectivity index (χ2v) is 3.93. The van der Waals surface area contributed by atoms with Crippen molar-refractivity contribution in [1.29, 1.82) is 0 Å². The van der Waals surface area contributed by atoms with Crippen molar-refractivity contribution in [2.75, 3.05) is 0 Å². The summed E-state index contributed by atoms with van der Waals surface area (Å²) in [4.78, 5) is 0.809. The monoisotopic (exact) mass is 225 g/mol. The maximum absolute atomic E-state index is 9.44. The molecule has 3 rings (SSSR count). The molecule has 0 spiro atoms. The molecule has 0 unspecified atom stereocenters. The van der Waals surface area contributed by atoms with Crippen LogP contribution in [0, 0.1) is 0 Å². The fourth-order valence-corrected chi connectivity index (χ4v) is 1.95. The summed E-state index contributed by atoms with van der Waals surface area (Å²) in [6, 6.07) is 15.9. The number of nitrogens with zero attached hydrogens (tertiary/aromatic N) is 3. The Bertz CT molecular complexity index is 646. The van der Waals surface area contributed by atoms with Crippen LogP contribution in [0.3, 0.4) is 0 Å². The normalized spacial score (nSPS) is 10.8. The summed E-state index contributed by atoms with van der Waals surface area (Å²) in [6.07, 6.45) is 0.789. The summed E-state index contributed by atoms with van der Waals surface area (Å²) in [5.74, 6) is 0. The molecule has 0 aliphatic heterocycles. The van der Waals surface area contributed by atoms with Crippen LogP contribution in [-0.2, 0) is 6.42 Å². The van der Waals surface area contributed by atoms with E-state index >= 15 is 0 Å². The molecule has 0 aliphatic carbocycles. The van der Waals surface area contributed by atoms with Gasteiger partial charge in [-0.1, -0.05) is 47.3 Å². The predicted molar refractivity (Wildman–Crippen MR) is 64.0 cm³/mol. The SMILES string of the molecule is On1nnc2c(Cc3ccccc3)cccc21. The molecule has 1 N–H and O–H groups in total. The molecule has 0 fully saturated rings. The van der Waals surface area contributed by atoms with E-state index in [1.54, 1.807) is 6.07 Å². The van der Waals surface area contributed by atoms with Crippen LogP contribution in [0.2, 0.25) is 0 Å².